The van der Waals surface area contributed by atoms with E-state index in [4.69, 9.17) is 10.1 Å². The van der Waals surface area contributed by atoms with Gasteiger partial charge in [-0.15, -0.1) is 0 Å². The molecule has 0 spiro atoms. The molecule has 0 saturated heterocycles. The van der Waals surface area contributed by atoms with Crippen LogP contribution < -0.4 is 4.74 Å². The lowest BCUT2D eigenvalue weighted by Crippen LogP contribution is -2.10. The lowest BCUT2D eigenvalue weighted by Gasteiger charge is -2.10. The van der Waals surface area contributed by atoms with Crippen LogP contribution in [0, 0.1) is 5.41 Å². The second-order valence-electron chi connectivity index (χ2n) is 4.11. The largest absolute Gasteiger partial charge is 0.486 e. The van der Waals surface area contributed by atoms with Crippen LogP contribution in [0.2, 0.25) is 0 Å². The zero-order valence-electron chi connectivity index (χ0n) is 10.6. The van der Waals surface area contributed by atoms with E-state index in [2.05, 4.69) is 0 Å². The van der Waals surface area contributed by atoms with Gasteiger partial charge in [0.15, 0.2) is 5.78 Å². The molecule has 0 aliphatic rings. The molecule has 4 heteroatoms. The molecule has 1 rings (SSSR count). The highest BCUT2D eigenvalue weighted by atomic mass is 16.5. The third-order valence-corrected chi connectivity index (χ3v) is 2.51. The fourth-order valence-electron chi connectivity index (χ4n) is 1.57. The quantitative estimate of drug-likeness (QED) is 0.695. The molecule has 98 valence electrons. The Kier molecular flexibility index (Phi) is 6.08. The van der Waals surface area contributed by atoms with Crippen molar-refractivity contribution in [3.8, 4) is 5.75 Å². The van der Waals surface area contributed by atoms with Gasteiger partial charge in [0, 0.05) is 12.8 Å². The first kappa shape index (κ1) is 14.4. The molecule has 0 radical (unpaired) electrons. The molecule has 0 fully saturated rings. The Morgan fingerprint density at radius 1 is 1.56 bits per heavy atom. The Morgan fingerprint density at radius 2 is 2.33 bits per heavy atom. The van der Waals surface area contributed by atoms with E-state index in [-0.39, 0.29) is 18.8 Å². The summed E-state index contributed by atoms with van der Waals surface area (Å²) in [5.74, 6) is 0.643. The van der Waals surface area contributed by atoms with Gasteiger partial charge in [0.1, 0.15) is 12.4 Å². The first-order valence-electron chi connectivity index (χ1n) is 6.08. The zero-order valence-corrected chi connectivity index (χ0v) is 10.6. The van der Waals surface area contributed by atoms with E-state index in [0.717, 1.165) is 6.42 Å². The van der Waals surface area contributed by atoms with Gasteiger partial charge in [-0.2, -0.15) is 0 Å². The van der Waals surface area contributed by atoms with Crippen molar-refractivity contribution in [2.45, 2.75) is 32.3 Å². The van der Waals surface area contributed by atoms with E-state index in [0.29, 0.717) is 17.7 Å². The second kappa shape index (κ2) is 7.61. The Labute approximate surface area is 107 Å². The summed E-state index contributed by atoms with van der Waals surface area (Å²) in [7, 11) is 0. The van der Waals surface area contributed by atoms with Crippen LogP contribution in [0.1, 0.15) is 37.9 Å². The molecule has 18 heavy (non-hydrogen) atoms. The first-order valence-corrected chi connectivity index (χ1v) is 6.08. The molecule has 0 aliphatic heterocycles. The van der Waals surface area contributed by atoms with Crippen molar-refractivity contribution in [2.24, 2.45) is 0 Å². The molecule has 1 aromatic carbocycles. The number of carbonyl (C=O) groups is 1. The van der Waals surface area contributed by atoms with Crippen LogP contribution >= 0.6 is 0 Å². The maximum atomic E-state index is 11.3. The third kappa shape index (κ3) is 4.67. The third-order valence-electron chi connectivity index (χ3n) is 2.51. The van der Waals surface area contributed by atoms with Crippen LogP contribution in [0.5, 0.6) is 5.75 Å². The molecular weight excluding hydrogens is 230 g/mol. The Balaban J connectivity index is 2.59. The van der Waals surface area contributed by atoms with Crippen molar-refractivity contribution in [3.63, 3.8) is 0 Å². The molecule has 4 nitrogen and oxygen atoms in total. The summed E-state index contributed by atoms with van der Waals surface area (Å²) in [6.45, 7) is 2.02. The molecule has 1 aromatic rings. The minimum atomic E-state index is -0.697. The van der Waals surface area contributed by atoms with E-state index in [1.165, 1.54) is 6.21 Å². The van der Waals surface area contributed by atoms with Crippen LogP contribution in [0.3, 0.4) is 0 Å². The van der Waals surface area contributed by atoms with Crippen molar-refractivity contribution in [1.82, 2.24) is 0 Å². The van der Waals surface area contributed by atoms with Gasteiger partial charge >= 0.3 is 0 Å². The highest BCUT2D eigenvalue weighted by molar-refractivity contribution is 5.79. The van der Waals surface area contributed by atoms with Crippen LogP contribution in [0.4, 0.5) is 0 Å². The predicted molar refractivity (Wildman–Crippen MR) is 70.2 cm³/mol. The van der Waals surface area contributed by atoms with Gasteiger partial charge in [-0.1, -0.05) is 19.1 Å². The fraction of sp³-hybridized carbons (Fsp3) is 0.429. The molecule has 0 aromatic heterocycles. The van der Waals surface area contributed by atoms with E-state index < -0.39 is 6.10 Å². The number of benzene rings is 1. The summed E-state index contributed by atoms with van der Waals surface area (Å²) in [4.78, 5) is 11.3. The lowest BCUT2D eigenvalue weighted by atomic mass is 10.1. The average molecular weight is 249 g/mol. The van der Waals surface area contributed by atoms with Crippen molar-refractivity contribution < 1.29 is 14.6 Å². The van der Waals surface area contributed by atoms with Crippen LogP contribution in [-0.2, 0) is 4.79 Å². The van der Waals surface area contributed by atoms with E-state index >= 15 is 0 Å². The molecular formula is C14H19NO3. The van der Waals surface area contributed by atoms with Crippen molar-refractivity contribution in [2.75, 3.05) is 6.61 Å². The Morgan fingerprint density at radius 3 is 3.00 bits per heavy atom. The molecule has 1 atom stereocenters. The van der Waals surface area contributed by atoms with Crippen molar-refractivity contribution in [3.05, 3.63) is 29.8 Å². The van der Waals surface area contributed by atoms with Crippen molar-refractivity contribution >= 4 is 12.0 Å². The van der Waals surface area contributed by atoms with Crippen molar-refractivity contribution in [1.29, 1.82) is 5.41 Å². The minimum Gasteiger partial charge on any atom is -0.486 e. The molecule has 0 bridgehead atoms. The predicted octanol–water partition coefficient (Wildman–Crippen LogP) is 2.51. The smallest absolute Gasteiger partial charge is 0.170 e. The Bertz CT molecular complexity index is 404. The number of ether oxygens (including phenoxy) is 1. The van der Waals surface area contributed by atoms with Gasteiger partial charge in [0.2, 0.25) is 0 Å². The lowest BCUT2D eigenvalue weighted by molar-refractivity contribution is -0.121. The van der Waals surface area contributed by atoms with Crippen LogP contribution in [0.15, 0.2) is 24.3 Å². The van der Waals surface area contributed by atoms with Gasteiger partial charge in [0.25, 0.3) is 0 Å². The number of aliphatic hydroxyl groups is 1. The van der Waals surface area contributed by atoms with E-state index in [1.807, 2.05) is 6.92 Å². The maximum absolute atomic E-state index is 11.3. The SMILES string of the molecule is CCCC(=O)COc1cccc(C(O)CC=N)c1. The summed E-state index contributed by atoms with van der Waals surface area (Å²) >= 11 is 0. The Hall–Kier alpha value is -1.68. The summed E-state index contributed by atoms with van der Waals surface area (Å²) in [5, 5.41) is 16.7. The first-order chi connectivity index (χ1) is 8.67. The van der Waals surface area contributed by atoms with E-state index in [1.54, 1.807) is 24.3 Å². The zero-order chi connectivity index (χ0) is 13.4. The molecule has 0 saturated carbocycles. The van der Waals surface area contributed by atoms with Crippen LogP contribution in [0.25, 0.3) is 0 Å². The number of hydrogen-bond acceptors (Lipinski definition) is 4. The topological polar surface area (TPSA) is 70.4 Å². The monoisotopic (exact) mass is 249 g/mol. The highest BCUT2D eigenvalue weighted by Crippen LogP contribution is 2.20. The van der Waals surface area contributed by atoms with Gasteiger partial charge in [-0.25, -0.2) is 0 Å². The molecule has 2 N–H and O–H groups in total. The number of nitrogens with one attached hydrogen (secondary N) is 1. The molecule has 0 aliphatic carbocycles. The minimum absolute atomic E-state index is 0.0674. The summed E-state index contributed by atoms with van der Waals surface area (Å²) in [6.07, 6.45) is 2.09. The number of hydrogen-bond donors (Lipinski definition) is 2. The molecule has 1 unspecified atom stereocenters. The maximum Gasteiger partial charge on any atom is 0.170 e. The normalized spacial score (nSPS) is 11.9. The standard InChI is InChI=1S/C14H19NO3/c1-2-4-12(16)10-18-13-6-3-5-11(9-13)14(17)7-8-15/h3,5-6,8-9,14-15,17H,2,4,7,10H2,1H3. The summed E-state index contributed by atoms with van der Waals surface area (Å²) in [6, 6.07) is 6.99. The number of Topliss-reactive ketones (excluding diaryl/α,β-unsaturated/α-hetero) is 1. The summed E-state index contributed by atoms with van der Waals surface area (Å²) in [5.41, 5.74) is 0.693. The van der Waals surface area contributed by atoms with Gasteiger partial charge in [-0.3, -0.25) is 4.79 Å². The van der Waals surface area contributed by atoms with E-state index in [9.17, 15) is 9.90 Å². The molecule has 0 amide bonds. The highest BCUT2D eigenvalue weighted by Gasteiger charge is 2.07. The van der Waals surface area contributed by atoms with Gasteiger partial charge in [0.05, 0.1) is 6.10 Å². The number of ketones is 1. The van der Waals surface area contributed by atoms with Gasteiger partial charge < -0.3 is 15.3 Å². The number of carbonyl (C=O) groups excluding carboxylic acids is 1. The number of aliphatic hydroxyl groups excluding tert-OH is 1. The van der Waals surface area contributed by atoms with Crippen LogP contribution in [-0.4, -0.2) is 23.7 Å². The second-order valence-corrected chi connectivity index (χ2v) is 4.11. The summed E-state index contributed by atoms with van der Waals surface area (Å²) < 4.78 is 5.37. The van der Waals surface area contributed by atoms with Gasteiger partial charge in [-0.05, 0) is 30.3 Å². The average Bonchev–Trinajstić information content (AvgIpc) is 2.37. The number of rotatable bonds is 8. The fourth-order valence-corrected chi connectivity index (χ4v) is 1.57. The molecule has 0 heterocycles.